The molecule has 0 heterocycles. The highest BCUT2D eigenvalue weighted by Gasteiger charge is 2.09. The van der Waals surface area contributed by atoms with Gasteiger partial charge >= 0.3 is 11.9 Å². The van der Waals surface area contributed by atoms with Crippen molar-refractivity contribution in [3.63, 3.8) is 0 Å². The summed E-state index contributed by atoms with van der Waals surface area (Å²) in [5.74, 6) is -0.939. The van der Waals surface area contributed by atoms with Crippen molar-refractivity contribution in [1.29, 1.82) is 0 Å². The molecule has 46 heavy (non-hydrogen) atoms. The van der Waals surface area contributed by atoms with Crippen molar-refractivity contribution in [2.24, 2.45) is 0 Å². The molecule has 7 nitrogen and oxygen atoms in total. The molecule has 0 amide bonds. The first kappa shape index (κ1) is 43.3. The number of allylic oxidation sites excluding steroid dienone is 11. The standard InChI is InChI=1S/C39H64O7/c1-2-3-4-5-6-7-8-9-11-14-17-20-23-26-29-32-38(42)45-46-39(43)33-30-27-24-21-18-15-12-10-13-16-19-22-25-28-31-34-44-36-37(41)35-40/h3-4,6-7,9-12,16,19,25,28,37,40-41H,2,5,8,13-15,17-18,20-24,26-27,29-36H2,1H3/b4-3-,7-6-,11-9-,12-10-,19-16-,28-25-. The number of aliphatic hydroxyl groups is 2. The van der Waals surface area contributed by atoms with Gasteiger partial charge in [-0.05, 0) is 77.0 Å². The highest BCUT2D eigenvalue weighted by atomic mass is 17.2. The second-order valence-electron chi connectivity index (χ2n) is 11.4. The number of unbranched alkanes of at least 4 members (excludes halogenated alkanes) is 10. The first-order valence-corrected chi connectivity index (χ1v) is 17.8. The van der Waals surface area contributed by atoms with E-state index in [-0.39, 0.29) is 26.1 Å². The molecule has 0 saturated heterocycles. The normalized spacial score (nSPS) is 13.0. The molecule has 0 aliphatic heterocycles. The van der Waals surface area contributed by atoms with Gasteiger partial charge in [0.2, 0.25) is 0 Å². The zero-order valence-corrected chi connectivity index (χ0v) is 28.7. The molecule has 0 fully saturated rings. The van der Waals surface area contributed by atoms with E-state index in [1.54, 1.807) is 0 Å². The summed E-state index contributed by atoms with van der Waals surface area (Å²) in [6.07, 6.45) is 43.9. The van der Waals surface area contributed by atoms with Crippen molar-refractivity contribution < 1.29 is 34.3 Å². The number of hydrogen-bond acceptors (Lipinski definition) is 7. The van der Waals surface area contributed by atoms with Crippen molar-refractivity contribution in [3.8, 4) is 0 Å². The Balaban J connectivity index is 3.47. The second kappa shape index (κ2) is 36.7. The molecule has 2 N–H and O–H groups in total. The fourth-order valence-corrected chi connectivity index (χ4v) is 4.33. The van der Waals surface area contributed by atoms with Gasteiger partial charge in [-0.2, -0.15) is 0 Å². The quantitative estimate of drug-likeness (QED) is 0.0335. The Hall–Kier alpha value is -2.74. The molecular formula is C39H64O7. The smallest absolute Gasteiger partial charge is 0.355 e. The van der Waals surface area contributed by atoms with E-state index in [0.717, 1.165) is 116 Å². The van der Waals surface area contributed by atoms with Crippen LogP contribution in [0.1, 0.15) is 135 Å². The van der Waals surface area contributed by atoms with Crippen LogP contribution in [0.5, 0.6) is 0 Å². The van der Waals surface area contributed by atoms with E-state index in [1.165, 1.54) is 0 Å². The van der Waals surface area contributed by atoms with Crippen LogP contribution in [-0.2, 0) is 24.1 Å². The zero-order chi connectivity index (χ0) is 33.6. The van der Waals surface area contributed by atoms with E-state index in [4.69, 9.17) is 14.9 Å². The molecule has 262 valence electrons. The van der Waals surface area contributed by atoms with E-state index in [2.05, 4.69) is 89.6 Å². The average Bonchev–Trinajstić information content (AvgIpc) is 3.06. The van der Waals surface area contributed by atoms with Crippen molar-refractivity contribution in [1.82, 2.24) is 0 Å². The molecule has 0 aliphatic rings. The summed E-state index contributed by atoms with van der Waals surface area (Å²) in [4.78, 5) is 33.0. The van der Waals surface area contributed by atoms with E-state index >= 15 is 0 Å². The maximum Gasteiger partial charge on any atom is 0.355 e. The maximum absolute atomic E-state index is 11.8. The Morgan fingerprint density at radius 2 is 0.935 bits per heavy atom. The number of carbonyl (C=O) groups excluding carboxylic acids is 2. The van der Waals surface area contributed by atoms with Crippen LogP contribution in [0.2, 0.25) is 0 Å². The topological polar surface area (TPSA) is 102 Å². The molecule has 1 unspecified atom stereocenters. The average molecular weight is 645 g/mol. The number of ether oxygens (including phenoxy) is 1. The van der Waals surface area contributed by atoms with Gasteiger partial charge in [0.1, 0.15) is 6.10 Å². The van der Waals surface area contributed by atoms with Crippen LogP contribution < -0.4 is 0 Å². The van der Waals surface area contributed by atoms with Crippen LogP contribution in [0.25, 0.3) is 0 Å². The van der Waals surface area contributed by atoms with Gasteiger partial charge in [-0.1, -0.05) is 118 Å². The summed E-state index contributed by atoms with van der Waals surface area (Å²) in [5.41, 5.74) is 0. The minimum Gasteiger partial charge on any atom is -0.394 e. The largest absolute Gasteiger partial charge is 0.394 e. The third-order valence-corrected chi connectivity index (χ3v) is 7.01. The molecule has 0 rings (SSSR count). The molecule has 1 atom stereocenters. The van der Waals surface area contributed by atoms with Gasteiger partial charge < -0.3 is 14.9 Å². The van der Waals surface area contributed by atoms with Gasteiger partial charge in [-0.3, -0.25) is 0 Å². The van der Waals surface area contributed by atoms with Crippen molar-refractivity contribution in [2.45, 2.75) is 141 Å². The minimum atomic E-state index is -0.793. The first-order chi connectivity index (χ1) is 22.6. The maximum atomic E-state index is 11.8. The predicted molar refractivity (Wildman–Crippen MR) is 189 cm³/mol. The molecule has 0 spiro atoms. The molecule has 0 aliphatic carbocycles. The molecule has 0 aromatic carbocycles. The highest BCUT2D eigenvalue weighted by molar-refractivity contribution is 5.72. The summed E-state index contributed by atoms with van der Waals surface area (Å²) in [7, 11) is 0. The Morgan fingerprint density at radius 1 is 0.543 bits per heavy atom. The van der Waals surface area contributed by atoms with Crippen molar-refractivity contribution >= 4 is 11.9 Å². The second-order valence-corrected chi connectivity index (χ2v) is 11.4. The van der Waals surface area contributed by atoms with E-state index in [1.807, 2.05) is 0 Å². The molecule has 0 saturated carbocycles. The van der Waals surface area contributed by atoms with Gasteiger partial charge in [-0.15, -0.1) is 0 Å². The van der Waals surface area contributed by atoms with Crippen molar-refractivity contribution in [2.75, 3.05) is 19.8 Å². The fourth-order valence-electron chi connectivity index (χ4n) is 4.33. The van der Waals surface area contributed by atoms with Crippen LogP contribution in [0, 0.1) is 0 Å². The Bertz CT molecular complexity index is 870. The lowest BCUT2D eigenvalue weighted by molar-refractivity contribution is -0.259. The molecule has 0 radical (unpaired) electrons. The first-order valence-electron chi connectivity index (χ1n) is 17.8. The van der Waals surface area contributed by atoms with E-state index < -0.39 is 18.0 Å². The van der Waals surface area contributed by atoms with E-state index in [0.29, 0.717) is 6.61 Å². The van der Waals surface area contributed by atoms with Gasteiger partial charge in [-0.25, -0.2) is 19.4 Å². The van der Waals surface area contributed by atoms with Crippen LogP contribution in [-0.4, -0.2) is 48.1 Å². The van der Waals surface area contributed by atoms with Crippen LogP contribution in [0.3, 0.4) is 0 Å². The van der Waals surface area contributed by atoms with Gasteiger partial charge in [0.05, 0.1) is 32.7 Å². The van der Waals surface area contributed by atoms with Crippen LogP contribution in [0.4, 0.5) is 0 Å². The third-order valence-electron chi connectivity index (χ3n) is 7.01. The summed E-state index contributed by atoms with van der Waals surface area (Å²) in [6.45, 7) is 2.59. The molecule has 0 aromatic rings. The van der Waals surface area contributed by atoms with Gasteiger partial charge in [0.25, 0.3) is 0 Å². The molecular weight excluding hydrogens is 580 g/mol. The Kier molecular flexibility index (Phi) is 34.5. The van der Waals surface area contributed by atoms with Crippen LogP contribution >= 0.6 is 0 Å². The summed E-state index contributed by atoms with van der Waals surface area (Å²) >= 11 is 0. The number of hydrogen-bond donors (Lipinski definition) is 2. The highest BCUT2D eigenvalue weighted by Crippen LogP contribution is 2.11. The molecule has 0 bridgehead atoms. The third kappa shape index (κ3) is 35.7. The van der Waals surface area contributed by atoms with Crippen LogP contribution in [0.15, 0.2) is 72.9 Å². The SMILES string of the molecule is CC/C=C\C/C=C\C/C=C\CCCCCCCC(=O)OOC(=O)CCCCCCC/C=C\C/C=C\C/C=C\CCOCC(O)CO. The molecule has 0 aromatic heterocycles. The number of rotatable bonds is 31. The lowest BCUT2D eigenvalue weighted by atomic mass is 10.1. The Labute approximate surface area is 280 Å². The lowest BCUT2D eigenvalue weighted by Gasteiger charge is -2.06. The predicted octanol–water partition coefficient (Wildman–Crippen LogP) is 9.52. The van der Waals surface area contributed by atoms with Crippen molar-refractivity contribution in [3.05, 3.63) is 72.9 Å². The summed E-state index contributed by atoms with van der Waals surface area (Å²) in [5, 5.41) is 17.9. The number of carbonyl (C=O) groups is 2. The minimum absolute atomic E-state index is 0.171. The van der Waals surface area contributed by atoms with E-state index in [9.17, 15) is 9.59 Å². The van der Waals surface area contributed by atoms with Gasteiger partial charge in [0, 0.05) is 0 Å². The molecule has 7 heteroatoms. The zero-order valence-electron chi connectivity index (χ0n) is 28.7. The van der Waals surface area contributed by atoms with Gasteiger partial charge in [0.15, 0.2) is 0 Å². The summed E-state index contributed by atoms with van der Waals surface area (Å²) < 4.78 is 5.24. The number of aliphatic hydroxyl groups excluding tert-OH is 2. The Morgan fingerprint density at radius 3 is 1.39 bits per heavy atom. The monoisotopic (exact) mass is 644 g/mol. The lowest BCUT2D eigenvalue weighted by Crippen LogP contribution is -2.19. The fraction of sp³-hybridized carbons (Fsp3) is 0.641. The summed E-state index contributed by atoms with van der Waals surface area (Å²) in [6, 6.07) is 0.